The molecule has 0 bridgehead atoms. The van der Waals surface area contributed by atoms with Crippen LogP contribution in [0.15, 0.2) is 0 Å². The first-order chi connectivity index (χ1) is 5.93. The Hall–Kier alpha value is -0.0800. The van der Waals surface area contributed by atoms with Crippen LogP contribution in [0.4, 0.5) is 0 Å². The number of unbranched alkanes of at least 4 members (excludes halogenated alkanes) is 1. The van der Waals surface area contributed by atoms with E-state index in [1.807, 2.05) is 0 Å². The topological polar surface area (TPSA) is 35.8 Å². The molecule has 0 saturated heterocycles. The predicted octanol–water partition coefficient (Wildman–Crippen LogP) is 1.97. The van der Waals surface area contributed by atoms with Gasteiger partial charge in [-0.2, -0.15) is 0 Å². The minimum absolute atomic E-state index is 0.590. The predicted molar refractivity (Wildman–Crippen MR) is 52.1 cm³/mol. The molecule has 0 aliphatic heterocycles. The Morgan fingerprint density at radius 2 is 1.83 bits per heavy atom. The molecule has 0 aromatic heterocycles. The maximum atomic E-state index is 7.00. The van der Waals surface area contributed by atoms with E-state index in [1.54, 1.807) is 0 Å². The summed E-state index contributed by atoms with van der Waals surface area (Å²) < 4.78 is 0. The highest BCUT2D eigenvalue weighted by atomic mass is 14.9. The first-order valence-electron chi connectivity index (χ1n) is 5.31. The van der Waals surface area contributed by atoms with Gasteiger partial charge in [0, 0.05) is 12.6 Å². The number of hydrogen-bond acceptors (Lipinski definition) is 1. The van der Waals surface area contributed by atoms with Crippen LogP contribution in [0, 0.1) is 0 Å². The third-order valence-corrected chi connectivity index (χ3v) is 2.64. The Bertz CT molecular complexity index is 98.0. The fourth-order valence-electron chi connectivity index (χ4n) is 1.86. The molecule has 0 heterocycles. The number of rotatable bonds is 5. The van der Waals surface area contributed by atoms with Gasteiger partial charge < -0.3 is 5.32 Å². The van der Waals surface area contributed by atoms with E-state index in [0.29, 0.717) is 6.54 Å². The van der Waals surface area contributed by atoms with Crippen LogP contribution in [0.25, 0.3) is 0 Å². The number of nitrogens with one attached hydrogen (secondary N) is 2. The van der Waals surface area contributed by atoms with Crippen molar-refractivity contribution >= 4 is 0 Å². The first-order valence-corrected chi connectivity index (χ1v) is 5.31. The number of hydrogen-bond donors (Lipinski definition) is 1. The van der Waals surface area contributed by atoms with Crippen LogP contribution in [0.2, 0.25) is 0 Å². The van der Waals surface area contributed by atoms with E-state index in [-0.39, 0.29) is 0 Å². The Labute approximate surface area is 75.9 Å². The molecule has 71 valence electrons. The SMILES string of the molecule is [NH]CCCCNC1CCCCC1. The lowest BCUT2D eigenvalue weighted by Gasteiger charge is -2.22. The lowest BCUT2D eigenvalue weighted by atomic mass is 9.95. The minimum Gasteiger partial charge on any atom is -0.314 e. The summed E-state index contributed by atoms with van der Waals surface area (Å²) in [6.07, 6.45) is 9.25. The summed E-state index contributed by atoms with van der Waals surface area (Å²) in [5.41, 5.74) is 7.00. The maximum absolute atomic E-state index is 7.00. The van der Waals surface area contributed by atoms with Crippen molar-refractivity contribution in [2.75, 3.05) is 13.1 Å². The summed E-state index contributed by atoms with van der Waals surface area (Å²) in [5, 5.41) is 3.57. The molecular formula is C10H21N2. The molecule has 1 saturated carbocycles. The van der Waals surface area contributed by atoms with Crippen LogP contribution in [0.3, 0.4) is 0 Å². The second-order valence-electron chi connectivity index (χ2n) is 3.75. The zero-order valence-corrected chi connectivity index (χ0v) is 7.94. The van der Waals surface area contributed by atoms with Crippen LogP contribution in [-0.2, 0) is 0 Å². The Morgan fingerprint density at radius 3 is 2.50 bits per heavy atom. The summed E-state index contributed by atoms with van der Waals surface area (Å²) in [7, 11) is 0. The van der Waals surface area contributed by atoms with Crippen LogP contribution in [0.1, 0.15) is 44.9 Å². The van der Waals surface area contributed by atoms with Crippen molar-refractivity contribution in [3.63, 3.8) is 0 Å². The normalized spacial score (nSPS) is 19.8. The molecule has 0 unspecified atom stereocenters. The van der Waals surface area contributed by atoms with Gasteiger partial charge >= 0.3 is 0 Å². The molecule has 1 aliphatic rings. The smallest absolute Gasteiger partial charge is 0.0100 e. The molecule has 0 spiro atoms. The molecule has 2 heteroatoms. The molecule has 12 heavy (non-hydrogen) atoms. The standard InChI is InChI=1S/C10H21N2/c11-8-4-5-9-12-10-6-2-1-3-7-10/h10-12H,1-9H2. The van der Waals surface area contributed by atoms with Gasteiger partial charge in [0.05, 0.1) is 0 Å². The zero-order chi connectivity index (χ0) is 8.65. The quantitative estimate of drug-likeness (QED) is 0.627. The Kier molecular flexibility index (Phi) is 5.37. The highest BCUT2D eigenvalue weighted by molar-refractivity contribution is 4.71. The average Bonchev–Trinajstić information content (AvgIpc) is 2.14. The fraction of sp³-hybridized carbons (Fsp3) is 1.00. The van der Waals surface area contributed by atoms with E-state index in [1.165, 1.54) is 38.5 Å². The summed E-state index contributed by atoms with van der Waals surface area (Å²) in [4.78, 5) is 0. The van der Waals surface area contributed by atoms with Crippen LogP contribution in [0.5, 0.6) is 0 Å². The molecule has 1 radical (unpaired) electrons. The van der Waals surface area contributed by atoms with E-state index in [2.05, 4.69) is 5.32 Å². The maximum Gasteiger partial charge on any atom is 0.0100 e. The van der Waals surface area contributed by atoms with E-state index in [9.17, 15) is 0 Å². The van der Waals surface area contributed by atoms with Gasteiger partial charge in [0.25, 0.3) is 0 Å². The Morgan fingerprint density at radius 1 is 1.08 bits per heavy atom. The van der Waals surface area contributed by atoms with Crippen molar-refractivity contribution in [3.05, 3.63) is 0 Å². The molecule has 0 aromatic rings. The van der Waals surface area contributed by atoms with Gasteiger partial charge in [0.15, 0.2) is 0 Å². The zero-order valence-electron chi connectivity index (χ0n) is 7.94. The van der Waals surface area contributed by atoms with Crippen molar-refractivity contribution in [1.29, 1.82) is 0 Å². The molecule has 0 aromatic carbocycles. The summed E-state index contributed by atoms with van der Waals surface area (Å²) in [5.74, 6) is 0. The van der Waals surface area contributed by atoms with Crippen molar-refractivity contribution in [2.24, 2.45) is 0 Å². The fourth-order valence-corrected chi connectivity index (χ4v) is 1.86. The molecule has 1 aliphatic carbocycles. The molecule has 0 atom stereocenters. The minimum atomic E-state index is 0.590. The summed E-state index contributed by atoms with van der Waals surface area (Å²) in [6, 6.07) is 0.796. The lowest BCUT2D eigenvalue weighted by molar-refractivity contribution is 0.371. The van der Waals surface area contributed by atoms with Gasteiger partial charge in [-0.1, -0.05) is 19.3 Å². The first kappa shape index (κ1) is 10.0. The lowest BCUT2D eigenvalue weighted by Crippen LogP contribution is -2.31. The van der Waals surface area contributed by atoms with Crippen molar-refractivity contribution in [1.82, 2.24) is 11.1 Å². The molecule has 2 nitrogen and oxygen atoms in total. The van der Waals surface area contributed by atoms with Gasteiger partial charge in [-0.25, -0.2) is 0 Å². The van der Waals surface area contributed by atoms with E-state index >= 15 is 0 Å². The third kappa shape index (κ3) is 4.07. The van der Waals surface area contributed by atoms with Crippen LogP contribution in [-0.4, -0.2) is 19.1 Å². The summed E-state index contributed by atoms with van der Waals surface area (Å²) in [6.45, 7) is 1.72. The largest absolute Gasteiger partial charge is 0.314 e. The highest BCUT2D eigenvalue weighted by Gasteiger charge is 2.11. The molecule has 1 fully saturated rings. The van der Waals surface area contributed by atoms with Gasteiger partial charge in [0.1, 0.15) is 0 Å². The summed E-state index contributed by atoms with van der Waals surface area (Å²) >= 11 is 0. The van der Waals surface area contributed by atoms with E-state index in [0.717, 1.165) is 19.0 Å². The molecule has 1 rings (SSSR count). The molecule has 0 amide bonds. The van der Waals surface area contributed by atoms with Crippen LogP contribution >= 0.6 is 0 Å². The van der Waals surface area contributed by atoms with Gasteiger partial charge in [0.2, 0.25) is 0 Å². The van der Waals surface area contributed by atoms with E-state index < -0.39 is 0 Å². The second-order valence-corrected chi connectivity index (χ2v) is 3.75. The van der Waals surface area contributed by atoms with Gasteiger partial charge in [-0.15, -0.1) is 0 Å². The second kappa shape index (κ2) is 6.44. The molecular weight excluding hydrogens is 148 g/mol. The van der Waals surface area contributed by atoms with Crippen LogP contribution < -0.4 is 11.1 Å². The van der Waals surface area contributed by atoms with Gasteiger partial charge in [-0.05, 0) is 32.2 Å². The molecule has 2 N–H and O–H groups in total. The van der Waals surface area contributed by atoms with Crippen molar-refractivity contribution in [2.45, 2.75) is 51.0 Å². The third-order valence-electron chi connectivity index (χ3n) is 2.64. The monoisotopic (exact) mass is 169 g/mol. The van der Waals surface area contributed by atoms with Crippen molar-refractivity contribution in [3.8, 4) is 0 Å². The van der Waals surface area contributed by atoms with Crippen molar-refractivity contribution < 1.29 is 0 Å². The Balaban J connectivity index is 1.91. The highest BCUT2D eigenvalue weighted by Crippen LogP contribution is 2.17. The van der Waals surface area contributed by atoms with E-state index in [4.69, 9.17) is 5.73 Å². The average molecular weight is 169 g/mol. The van der Waals surface area contributed by atoms with Gasteiger partial charge in [-0.3, -0.25) is 5.73 Å².